The maximum Gasteiger partial charge on any atom is 0.166 e. The molecule has 2 aromatic heterocycles. The van der Waals surface area contributed by atoms with E-state index in [1.165, 1.54) is 0 Å². The van der Waals surface area contributed by atoms with Gasteiger partial charge in [-0.1, -0.05) is 0 Å². The van der Waals surface area contributed by atoms with Crippen LogP contribution < -0.4 is 0 Å². The molecule has 0 unspecified atom stereocenters. The summed E-state index contributed by atoms with van der Waals surface area (Å²) in [6.45, 7) is 0.605. The van der Waals surface area contributed by atoms with Crippen LogP contribution in [0.2, 0.25) is 0 Å². The SMILES string of the molecule is O=Cc1cccn1Cc1ccco1. The van der Waals surface area contributed by atoms with E-state index in [2.05, 4.69) is 0 Å². The number of carbonyl (C=O) groups excluding carboxylic acids is 1. The normalized spacial score (nSPS) is 10.2. The van der Waals surface area contributed by atoms with Crippen molar-refractivity contribution in [3.63, 3.8) is 0 Å². The van der Waals surface area contributed by atoms with Crippen LogP contribution in [-0.2, 0) is 6.54 Å². The molecular formula is C10H9NO2. The minimum absolute atomic E-state index is 0.605. The van der Waals surface area contributed by atoms with E-state index < -0.39 is 0 Å². The van der Waals surface area contributed by atoms with E-state index in [9.17, 15) is 4.79 Å². The highest BCUT2D eigenvalue weighted by Gasteiger charge is 2.01. The van der Waals surface area contributed by atoms with Crippen molar-refractivity contribution in [2.75, 3.05) is 0 Å². The topological polar surface area (TPSA) is 35.1 Å². The van der Waals surface area contributed by atoms with Crippen molar-refractivity contribution >= 4 is 6.29 Å². The molecule has 0 saturated carbocycles. The molecule has 66 valence electrons. The Balaban J connectivity index is 2.23. The van der Waals surface area contributed by atoms with Gasteiger partial charge in [0.2, 0.25) is 0 Å². The Hall–Kier alpha value is -1.77. The molecule has 0 aliphatic carbocycles. The number of furan rings is 1. The molecule has 0 N–H and O–H groups in total. The van der Waals surface area contributed by atoms with E-state index in [4.69, 9.17) is 4.42 Å². The lowest BCUT2D eigenvalue weighted by Crippen LogP contribution is -2.00. The third-order valence-electron chi connectivity index (χ3n) is 1.89. The second-order valence-corrected chi connectivity index (χ2v) is 2.76. The molecule has 0 aliphatic heterocycles. The average Bonchev–Trinajstić information content (AvgIpc) is 2.76. The van der Waals surface area contributed by atoms with Crippen molar-refractivity contribution in [1.82, 2.24) is 4.57 Å². The van der Waals surface area contributed by atoms with E-state index in [0.717, 1.165) is 12.0 Å². The molecule has 0 bridgehead atoms. The zero-order valence-electron chi connectivity index (χ0n) is 7.01. The number of aromatic nitrogens is 1. The Kier molecular flexibility index (Phi) is 2.00. The third kappa shape index (κ3) is 1.54. The van der Waals surface area contributed by atoms with Gasteiger partial charge < -0.3 is 8.98 Å². The van der Waals surface area contributed by atoms with Crippen molar-refractivity contribution in [2.24, 2.45) is 0 Å². The van der Waals surface area contributed by atoms with Crippen LogP contribution in [0.5, 0.6) is 0 Å². The number of aldehydes is 1. The maximum absolute atomic E-state index is 10.6. The Morgan fingerprint density at radius 2 is 2.31 bits per heavy atom. The lowest BCUT2D eigenvalue weighted by atomic mass is 10.4. The van der Waals surface area contributed by atoms with Crippen molar-refractivity contribution in [3.05, 3.63) is 48.2 Å². The van der Waals surface area contributed by atoms with Gasteiger partial charge in [0.1, 0.15) is 5.76 Å². The van der Waals surface area contributed by atoms with E-state index in [1.807, 2.05) is 29.0 Å². The van der Waals surface area contributed by atoms with Crippen LogP contribution >= 0.6 is 0 Å². The van der Waals surface area contributed by atoms with Gasteiger partial charge in [-0.05, 0) is 24.3 Å². The van der Waals surface area contributed by atoms with Crippen molar-refractivity contribution in [3.8, 4) is 0 Å². The molecule has 0 radical (unpaired) electrons. The molecule has 2 heterocycles. The first-order valence-electron chi connectivity index (χ1n) is 4.03. The summed E-state index contributed by atoms with van der Waals surface area (Å²) in [4.78, 5) is 10.6. The highest BCUT2D eigenvalue weighted by atomic mass is 16.3. The van der Waals surface area contributed by atoms with Gasteiger partial charge in [0.05, 0.1) is 18.5 Å². The van der Waals surface area contributed by atoms with Gasteiger partial charge in [-0.2, -0.15) is 0 Å². The van der Waals surface area contributed by atoms with E-state index in [1.54, 1.807) is 12.3 Å². The molecular weight excluding hydrogens is 166 g/mol. The molecule has 0 aliphatic rings. The zero-order valence-corrected chi connectivity index (χ0v) is 7.01. The van der Waals surface area contributed by atoms with Gasteiger partial charge in [-0.15, -0.1) is 0 Å². The summed E-state index contributed by atoms with van der Waals surface area (Å²) in [7, 11) is 0. The number of carbonyl (C=O) groups is 1. The fourth-order valence-corrected chi connectivity index (χ4v) is 1.25. The first kappa shape index (κ1) is 7.86. The van der Waals surface area contributed by atoms with Crippen LogP contribution in [0.25, 0.3) is 0 Å². The summed E-state index contributed by atoms with van der Waals surface area (Å²) in [6.07, 6.45) is 4.31. The smallest absolute Gasteiger partial charge is 0.166 e. The molecule has 0 atom stereocenters. The van der Waals surface area contributed by atoms with Gasteiger partial charge >= 0.3 is 0 Å². The van der Waals surface area contributed by atoms with Crippen LogP contribution in [0.1, 0.15) is 16.2 Å². The lowest BCUT2D eigenvalue weighted by molar-refractivity contribution is 0.111. The maximum atomic E-state index is 10.6. The number of hydrogen-bond acceptors (Lipinski definition) is 2. The van der Waals surface area contributed by atoms with Crippen LogP contribution in [0, 0.1) is 0 Å². The predicted molar refractivity (Wildman–Crippen MR) is 47.6 cm³/mol. The Morgan fingerprint density at radius 1 is 1.38 bits per heavy atom. The summed E-state index contributed by atoms with van der Waals surface area (Å²) >= 11 is 0. The fraction of sp³-hybridized carbons (Fsp3) is 0.100. The monoisotopic (exact) mass is 175 g/mol. The fourth-order valence-electron chi connectivity index (χ4n) is 1.25. The van der Waals surface area contributed by atoms with Gasteiger partial charge in [0.15, 0.2) is 6.29 Å². The van der Waals surface area contributed by atoms with Crippen molar-refractivity contribution in [2.45, 2.75) is 6.54 Å². The second-order valence-electron chi connectivity index (χ2n) is 2.76. The molecule has 0 saturated heterocycles. The Bertz CT molecular complexity index is 387. The third-order valence-corrected chi connectivity index (χ3v) is 1.89. The molecule has 3 nitrogen and oxygen atoms in total. The second kappa shape index (κ2) is 3.31. The summed E-state index contributed by atoms with van der Waals surface area (Å²) in [5.41, 5.74) is 0.663. The summed E-state index contributed by atoms with van der Waals surface area (Å²) in [6, 6.07) is 7.33. The first-order valence-corrected chi connectivity index (χ1v) is 4.03. The first-order chi connectivity index (χ1) is 6.40. The highest BCUT2D eigenvalue weighted by molar-refractivity contribution is 5.72. The van der Waals surface area contributed by atoms with E-state index in [-0.39, 0.29) is 0 Å². The van der Waals surface area contributed by atoms with Crippen molar-refractivity contribution in [1.29, 1.82) is 0 Å². The zero-order chi connectivity index (χ0) is 9.10. The van der Waals surface area contributed by atoms with Crippen LogP contribution in [0.3, 0.4) is 0 Å². The van der Waals surface area contributed by atoms with Crippen molar-refractivity contribution < 1.29 is 9.21 Å². The average molecular weight is 175 g/mol. The minimum atomic E-state index is 0.605. The quantitative estimate of drug-likeness (QED) is 0.668. The molecule has 2 rings (SSSR count). The predicted octanol–water partition coefficient (Wildman–Crippen LogP) is 1.94. The van der Waals surface area contributed by atoms with Crippen LogP contribution in [0.4, 0.5) is 0 Å². The van der Waals surface area contributed by atoms with Gasteiger partial charge in [0.25, 0.3) is 0 Å². The molecule has 0 amide bonds. The standard InChI is InChI=1S/C10H9NO2/c12-8-9-3-1-5-11(9)7-10-4-2-6-13-10/h1-6,8H,7H2. The van der Waals surface area contributed by atoms with E-state index >= 15 is 0 Å². The Labute approximate surface area is 75.6 Å². The summed E-state index contributed by atoms with van der Waals surface area (Å²) in [5.74, 6) is 0.847. The number of hydrogen-bond donors (Lipinski definition) is 0. The Morgan fingerprint density at radius 3 is 3.00 bits per heavy atom. The molecule has 0 fully saturated rings. The molecule has 2 aromatic rings. The molecule has 0 aromatic carbocycles. The number of nitrogens with zero attached hydrogens (tertiary/aromatic N) is 1. The minimum Gasteiger partial charge on any atom is -0.467 e. The van der Waals surface area contributed by atoms with Crippen LogP contribution in [-0.4, -0.2) is 10.9 Å². The number of rotatable bonds is 3. The summed E-state index contributed by atoms with van der Waals surface area (Å²) in [5, 5.41) is 0. The van der Waals surface area contributed by atoms with Gasteiger partial charge in [-0.3, -0.25) is 4.79 Å². The molecule has 0 spiro atoms. The molecule has 13 heavy (non-hydrogen) atoms. The highest BCUT2D eigenvalue weighted by Crippen LogP contribution is 2.06. The lowest BCUT2D eigenvalue weighted by Gasteiger charge is -2.01. The van der Waals surface area contributed by atoms with Gasteiger partial charge in [0, 0.05) is 6.20 Å². The molecule has 3 heteroatoms. The largest absolute Gasteiger partial charge is 0.467 e. The van der Waals surface area contributed by atoms with E-state index in [0.29, 0.717) is 12.2 Å². The summed E-state index contributed by atoms with van der Waals surface area (Å²) < 4.78 is 7.01. The van der Waals surface area contributed by atoms with Crippen LogP contribution in [0.15, 0.2) is 41.1 Å². The van der Waals surface area contributed by atoms with Gasteiger partial charge in [-0.25, -0.2) is 0 Å².